The second-order valence-corrected chi connectivity index (χ2v) is 15.3. The van der Waals surface area contributed by atoms with Gasteiger partial charge in [0.25, 0.3) is 23.6 Å². The number of nitrogens with one attached hydrogen (secondary N) is 4. The van der Waals surface area contributed by atoms with Crippen molar-refractivity contribution in [1.82, 2.24) is 10.6 Å². The number of amides is 4. The lowest BCUT2D eigenvalue weighted by molar-refractivity contribution is -0.138. The van der Waals surface area contributed by atoms with Crippen molar-refractivity contribution in [3.05, 3.63) is 81.9 Å². The van der Waals surface area contributed by atoms with E-state index in [1.165, 1.54) is 24.3 Å². The summed E-state index contributed by atoms with van der Waals surface area (Å²) >= 11 is 1.90. The van der Waals surface area contributed by atoms with Crippen LogP contribution in [0.1, 0.15) is 78.2 Å². The smallest absolute Gasteiger partial charge is 0.370 e. The molecule has 4 amide bonds. The molecule has 0 spiro atoms. The number of anilines is 2. The Labute approximate surface area is 361 Å². The van der Waals surface area contributed by atoms with E-state index in [4.69, 9.17) is 34.4 Å². The van der Waals surface area contributed by atoms with Gasteiger partial charge in [0, 0.05) is 71.7 Å². The highest BCUT2D eigenvalue weighted by molar-refractivity contribution is 7.99. The van der Waals surface area contributed by atoms with Crippen LogP contribution < -0.4 is 55.7 Å². The molecule has 338 valence electrons. The number of halogens is 6. The van der Waals surface area contributed by atoms with E-state index < -0.39 is 47.1 Å². The number of rotatable bonds is 22. The average molecular weight is 915 g/mol. The van der Waals surface area contributed by atoms with Crippen molar-refractivity contribution >= 4 is 70.4 Å². The van der Waals surface area contributed by atoms with Crippen molar-refractivity contribution in [2.45, 2.75) is 47.8 Å². The van der Waals surface area contributed by atoms with Crippen molar-refractivity contribution in [3.63, 3.8) is 0 Å². The lowest BCUT2D eigenvalue weighted by atomic mass is 10.1. The molecule has 0 bridgehead atoms. The maximum Gasteiger partial charge on any atom is 0.416 e. The van der Waals surface area contributed by atoms with Crippen LogP contribution in [0.5, 0.6) is 0 Å². The number of hydrogen-bond donors (Lipinski definition) is 10. The van der Waals surface area contributed by atoms with E-state index in [0.717, 1.165) is 23.5 Å². The van der Waals surface area contributed by atoms with E-state index in [2.05, 4.69) is 31.3 Å². The Kier molecular flexibility index (Phi) is 19.6. The number of carbonyl (C=O) groups is 4. The molecule has 24 heteroatoms. The Balaban J connectivity index is 1.90. The first-order chi connectivity index (χ1) is 29.3. The van der Waals surface area contributed by atoms with E-state index in [1.54, 1.807) is 0 Å². The first kappa shape index (κ1) is 50.6. The molecule has 0 aliphatic heterocycles. The van der Waals surface area contributed by atoms with Crippen LogP contribution in [-0.4, -0.2) is 86.3 Å². The van der Waals surface area contributed by atoms with E-state index in [1.807, 2.05) is 0 Å². The summed E-state index contributed by atoms with van der Waals surface area (Å²) in [6.45, 7) is 0.885. The number of unbranched alkanes of at least 4 members (excludes halogenated alkanes) is 2. The molecule has 0 saturated carbocycles. The van der Waals surface area contributed by atoms with Gasteiger partial charge in [-0.3, -0.25) is 29.2 Å². The number of hydrogen-bond acceptors (Lipinski definition) is 10. The number of nitrogens with zero attached hydrogens (tertiary/aromatic N) is 2. The second-order valence-electron chi connectivity index (χ2n) is 13.1. The molecule has 3 rings (SSSR count). The Morgan fingerprint density at radius 3 is 1.21 bits per heavy atom. The normalized spacial score (nSPS) is 11.4. The molecule has 0 aliphatic carbocycles. The van der Waals surface area contributed by atoms with Crippen molar-refractivity contribution < 1.29 is 45.5 Å². The summed E-state index contributed by atoms with van der Waals surface area (Å²) in [6, 6.07) is 7.40. The van der Waals surface area contributed by atoms with Crippen molar-refractivity contribution in [1.29, 1.82) is 0 Å². The number of thioether (sulfide) groups is 2. The van der Waals surface area contributed by atoms with Crippen LogP contribution in [0.2, 0.25) is 0 Å². The molecule has 0 saturated heterocycles. The molecule has 0 radical (unpaired) electrons. The van der Waals surface area contributed by atoms with Gasteiger partial charge in [0.2, 0.25) is 0 Å². The summed E-state index contributed by atoms with van der Waals surface area (Å²) in [7, 11) is 0. The molecule has 0 aliphatic rings. The maximum absolute atomic E-state index is 14.1. The Bertz CT molecular complexity index is 1950. The van der Waals surface area contributed by atoms with Crippen LogP contribution in [0.25, 0.3) is 0 Å². The number of carbonyl (C=O) groups excluding carboxylic acids is 4. The van der Waals surface area contributed by atoms with Gasteiger partial charge < -0.3 is 55.7 Å². The molecular weight excluding hydrogens is 867 g/mol. The van der Waals surface area contributed by atoms with E-state index >= 15 is 0 Å². The van der Waals surface area contributed by atoms with Gasteiger partial charge in [-0.1, -0.05) is 0 Å². The largest absolute Gasteiger partial charge is 0.416 e. The third-order valence-corrected chi connectivity index (χ3v) is 10.6. The van der Waals surface area contributed by atoms with Crippen LogP contribution in [0.15, 0.2) is 68.3 Å². The first-order valence-corrected chi connectivity index (χ1v) is 20.8. The third kappa shape index (κ3) is 16.0. The quantitative estimate of drug-likeness (QED) is 0.0226. The summed E-state index contributed by atoms with van der Waals surface area (Å²) in [4.78, 5) is 61.1. The molecule has 16 nitrogen and oxygen atoms in total. The molecule has 0 aromatic heterocycles. The monoisotopic (exact) mass is 914 g/mol. The molecule has 3 aromatic carbocycles. The van der Waals surface area contributed by atoms with Gasteiger partial charge in [0.1, 0.15) is 0 Å². The van der Waals surface area contributed by atoms with Gasteiger partial charge in [-0.25, -0.2) is 0 Å². The molecule has 62 heavy (non-hydrogen) atoms. The van der Waals surface area contributed by atoms with Crippen molar-refractivity contribution in [3.8, 4) is 0 Å². The Morgan fingerprint density at radius 1 is 0.548 bits per heavy atom. The van der Waals surface area contributed by atoms with Crippen LogP contribution in [0.3, 0.4) is 0 Å². The topological polar surface area (TPSA) is 297 Å². The van der Waals surface area contributed by atoms with Crippen LogP contribution >= 0.6 is 23.5 Å². The van der Waals surface area contributed by atoms with E-state index in [0.29, 0.717) is 49.9 Å². The van der Waals surface area contributed by atoms with Gasteiger partial charge in [0.15, 0.2) is 11.9 Å². The molecule has 16 N–H and O–H groups in total. The fourth-order valence-corrected chi connectivity index (χ4v) is 7.18. The second kappa shape index (κ2) is 24.1. The summed E-state index contributed by atoms with van der Waals surface area (Å²) in [5.41, 5.74) is 28.4. The maximum atomic E-state index is 14.1. The fraction of sp³-hybridized carbons (Fsp3) is 0.368. The molecular formula is C38H48F6N12O4S2. The van der Waals surface area contributed by atoms with Gasteiger partial charge in [0.05, 0.1) is 33.6 Å². The number of guanidine groups is 2. The van der Waals surface area contributed by atoms with Gasteiger partial charge in [-0.2, -0.15) is 26.3 Å². The molecule has 0 heterocycles. The summed E-state index contributed by atoms with van der Waals surface area (Å²) in [5, 5.41) is 10.0. The summed E-state index contributed by atoms with van der Waals surface area (Å²) in [5.74, 6) is -3.38. The lowest BCUT2D eigenvalue weighted by Gasteiger charge is -2.19. The van der Waals surface area contributed by atoms with E-state index in [9.17, 15) is 45.5 Å². The minimum Gasteiger partial charge on any atom is -0.370 e. The summed E-state index contributed by atoms with van der Waals surface area (Å²) < 4.78 is 84.5. The third-order valence-electron chi connectivity index (χ3n) is 8.29. The van der Waals surface area contributed by atoms with Crippen molar-refractivity contribution in [2.24, 2.45) is 44.4 Å². The minimum atomic E-state index is -4.91. The van der Waals surface area contributed by atoms with E-state index in [-0.39, 0.29) is 106 Å². The standard InChI is InChI=1S/C38H48F6N12O4S2/c39-37(40,41)23-17-25(33(59)51-11-1-3-13-53-35(47)48)29(61-15-9-45)27(19-23)55-31(57)21-5-7-22(8-6-21)32(58)56-28-20-24(38(42,43)44)18-26(30(28)62-16-10-46)34(60)52-12-2-4-14-54-36(49)50/h5-8,17-20H,1-4,9-16,45-46H2,(H,51,59)(H,52,60)(H,55,57)(H,56,58)(H4,47,48,53)(H4,49,50,54). The number of benzene rings is 3. The van der Waals surface area contributed by atoms with Gasteiger partial charge >= 0.3 is 12.4 Å². The minimum absolute atomic E-state index is 0.0195. The SMILES string of the molecule is NCCSc1c(NC(=O)c2ccc(C(=O)Nc3cc(C(F)(F)F)cc(C(=O)NCCCCN=C(N)N)c3SCCN)cc2)cc(C(F)(F)F)cc1C(=O)NCCCCN=C(N)N. The van der Waals surface area contributed by atoms with Gasteiger partial charge in [-0.15, -0.1) is 23.5 Å². The number of alkyl halides is 6. The highest BCUT2D eigenvalue weighted by atomic mass is 32.2. The zero-order valence-corrected chi connectivity index (χ0v) is 34.8. The molecule has 0 unspecified atom stereocenters. The average Bonchev–Trinajstić information content (AvgIpc) is 3.20. The predicted octanol–water partition coefficient (Wildman–Crippen LogP) is 3.90. The zero-order valence-electron chi connectivity index (χ0n) is 33.2. The first-order valence-electron chi connectivity index (χ1n) is 18.8. The predicted molar refractivity (Wildman–Crippen MR) is 229 cm³/mol. The molecule has 0 fully saturated rings. The van der Waals surface area contributed by atoms with Gasteiger partial charge in [-0.05, 0) is 74.2 Å². The molecule has 0 atom stereocenters. The Hall–Kier alpha value is -5.72. The summed E-state index contributed by atoms with van der Waals surface area (Å²) in [6.07, 6.45) is -8.07. The fourth-order valence-electron chi connectivity index (χ4n) is 5.39. The van der Waals surface area contributed by atoms with Crippen LogP contribution in [0.4, 0.5) is 37.7 Å². The van der Waals surface area contributed by atoms with Crippen molar-refractivity contribution in [2.75, 3.05) is 61.4 Å². The molecule has 3 aromatic rings. The lowest BCUT2D eigenvalue weighted by Crippen LogP contribution is -2.27. The Morgan fingerprint density at radius 2 is 0.903 bits per heavy atom. The highest BCUT2D eigenvalue weighted by Gasteiger charge is 2.35. The number of aliphatic imine (C=N–C) groups is 2. The van der Waals surface area contributed by atoms with Crippen LogP contribution in [0, 0.1) is 0 Å². The highest BCUT2D eigenvalue weighted by Crippen LogP contribution is 2.40. The van der Waals surface area contributed by atoms with Crippen LogP contribution in [-0.2, 0) is 12.4 Å². The zero-order chi connectivity index (χ0) is 46.0. The number of nitrogens with two attached hydrogens (primary N) is 6.